The zero-order valence-electron chi connectivity index (χ0n) is 51.2. The molecule has 8 aromatic heterocycles. The summed E-state index contributed by atoms with van der Waals surface area (Å²) in [6, 6.07) is 10.5. The molecule has 0 aliphatic heterocycles. The largest absolute Gasteiger partial charge is 0.364 e. The van der Waals surface area contributed by atoms with Gasteiger partial charge in [-0.2, -0.15) is 0 Å². The Hall–Kier alpha value is -11.7. The first-order chi connectivity index (χ1) is 43.2. The van der Waals surface area contributed by atoms with Crippen LogP contribution >= 0.6 is 0 Å². The van der Waals surface area contributed by atoms with E-state index in [1.807, 2.05) is 0 Å². The molecule has 476 valence electrons. The predicted octanol–water partition coefficient (Wildman–Crippen LogP) is 3.34. The maximum absolute atomic E-state index is 13.6. The number of nitrogens with two attached hydrogens (primary N) is 1. The fourth-order valence-electron chi connectivity index (χ4n) is 10.6. The van der Waals surface area contributed by atoms with Crippen LogP contribution in [0.2, 0.25) is 0 Å². The molecule has 0 atom stereocenters. The minimum Gasteiger partial charge on any atom is -0.364 e. The second kappa shape index (κ2) is 26.8. The Kier molecular flexibility index (Phi) is 18.8. The molecule has 1 fully saturated rings. The van der Waals surface area contributed by atoms with E-state index in [-0.39, 0.29) is 90.5 Å². The van der Waals surface area contributed by atoms with Crippen LogP contribution in [0.3, 0.4) is 0 Å². The second-order valence-electron chi connectivity index (χ2n) is 22.5. The molecule has 91 heavy (non-hydrogen) atoms. The number of hydrogen-bond acceptors (Lipinski definition) is 12. The zero-order chi connectivity index (χ0) is 65.6. The van der Waals surface area contributed by atoms with Crippen molar-refractivity contribution in [2.45, 2.75) is 38.5 Å². The molecule has 11 amide bonds. The third-order valence-electron chi connectivity index (χ3n) is 15.4. The van der Waals surface area contributed by atoms with Crippen LogP contribution in [0.25, 0.3) is 0 Å². The number of rotatable bonds is 25. The normalized spacial score (nSPS) is 12.3. The van der Waals surface area contributed by atoms with Crippen molar-refractivity contribution in [3.8, 4) is 0 Å². The number of aromatic nitrogens is 9. The van der Waals surface area contributed by atoms with Crippen molar-refractivity contribution in [1.29, 1.82) is 0 Å². The monoisotopic (exact) mass is 1250 g/mol. The Bertz CT molecular complexity index is 4210. The van der Waals surface area contributed by atoms with Crippen molar-refractivity contribution in [2.75, 3.05) is 56.9 Å². The van der Waals surface area contributed by atoms with Crippen molar-refractivity contribution in [1.82, 2.24) is 57.5 Å². The standard InChI is InChI=1S/C60H70N20O11/c1-73-17-16-62-52(73)59(91)72-40-23-43(76(4)32-40)54(86)64-15-11-49(82)67-35-19-45(78(6)27-35)56(88)70-38-22-44(77(5)30-38)55(87)65-33-60(12-9-13-60)25-50(83)68-36-20-46(79(7)28-36)57(89)71-39-24-47(80(8)31-39)58(90)69-37-21-42(75(3)29-37)53(85)63-14-10-48(81)66-34-18-41(51(61)84)74(2)26-34/h16-24,26-32H,9-15,25,33H2,1-8H3,(H2,61,84)(H,63,85)(H,64,86)(H,65,87)(H,66,81)(H,67,82)(H,68,83)(H,69,90)(H,70,88)(H,71,89)(H,72,91). The van der Waals surface area contributed by atoms with Crippen molar-refractivity contribution < 1.29 is 52.7 Å². The number of nitrogens with zero attached hydrogens (tertiary/aromatic N) is 9. The van der Waals surface area contributed by atoms with Gasteiger partial charge in [0.05, 0.1) is 39.8 Å². The van der Waals surface area contributed by atoms with Crippen molar-refractivity contribution >= 4 is 105 Å². The third kappa shape index (κ3) is 15.2. The highest BCUT2D eigenvalue weighted by molar-refractivity contribution is 6.09. The molecule has 0 saturated heterocycles. The topological polar surface area (TPSA) is 386 Å². The summed E-state index contributed by atoms with van der Waals surface area (Å²) in [5.41, 5.74) is 8.80. The molecular formula is C60H70N20O11. The molecule has 8 heterocycles. The smallest absolute Gasteiger partial charge is 0.291 e. The number of imidazole rings is 1. The molecule has 9 rings (SSSR count). The van der Waals surface area contributed by atoms with Gasteiger partial charge in [0.2, 0.25) is 17.7 Å². The lowest BCUT2D eigenvalue weighted by atomic mass is 9.66. The van der Waals surface area contributed by atoms with Crippen LogP contribution in [0.5, 0.6) is 0 Å². The molecule has 0 bridgehead atoms. The Morgan fingerprint density at radius 1 is 0.396 bits per heavy atom. The van der Waals surface area contributed by atoms with Gasteiger partial charge in [-0.3, -0.25) is 52.7 Å². The van der Waals surface area contributed by atoms with Crippen LogP contribution in [0, 0.1) is 5.41 Å². The van der Waals surface area contributed by atoms with Gasteiger partial charge >= 0.3 is 0 Å². The van der Waals surface area contributed by atoms with Gasteiger partial charge in [0.15, 0.2) is 5.82 Å². The Labute approximate surface area is 520 Å². The summed E-state index contributed by atoms with van der Waals surface area (Å²) in [5.74, 6) is -4.93. The number of carbonyl (C=O) groups excluding carboxylic acids is 11. The summed E-state index contributed by atoms with van der Waals surface area (Å²) < 4.78 is 12.3. The first kappa shape index (κ1) is 63.8. The van der Waals surface area contributed by atoms with E-state index in [1.54, 1.807) is 124 Å². The molecule has 0 unspecified atom stereocenters. The molecule has 1 aliphatic carbocycles. The molecule has 31 nitrogen and oxygen atoms in total. The number of primary amides is 1. The lowest BCUT2D eigenvalue weighted by molar-refractivity contribution is -0.120. The number of carbonyl (C=O) groups is 11. The zero-order valence-corrected chi connectivity index (χ0v) is 51.2. The first-order valence-corrected chi connectivity index (χ1v) is 28.6. The van der Waals surface area contributed by atoms with Gasteiger partial charge in [0, 0.05) is 151 Å². The molecular weight excluding hydrogens is 1180 g/mol. The number of anilines is 7. The van der Waals surface area contributed by atoms with Gasteiger partial charge in [0.1, 0.15) is 39.9 Å². The molecule has 0 spiro atoms. The Balaban J connectivity index is 0.696. The Morgan fingerprint density at radius 3 is 1.02 bits per heavy atom. The fourth-order valence-corrected chi connectivity index (χ4v) is 10.6. The van der Waals surface area contributed by atoms with E-state index >= 15 is 0 Å². The van der Waals surface area contributed by atoms with Crippen LogP contribution in [0.4, 0.5) is 39.8 Å². The second-order valence-corrected chi connectivity index (χ2v) is 22.5. The average molecular weight is 1250 g/mol. The van der Waals surface area contributed by atoms with E-state index in [4.69, 9.17) is 5.73 Å². The quantitative estimate of drug-likeness (QED) is 0.0393. The molecule has 0 radical (unpaired) electrons. The molecule has 0 aromatic carbocycles. The summed E-state index contributed by atoms with van der Waals surface area (Å²) in [6.45, 7) is 0.202. The number of aryl methyl sites for hydroxylation is 8. The van der Waals surface area contributed by atoms with E-state index in [2.05, 4.69) is 58.2 Å². The molecule has 31 heteroatoms. The predicted molar refractivity (Wildman–Crippen MR) is 334 cm³/mol. The number of amides is 11. The van der Waals surface area contributed by atoms with Gasteiger partial charge in [-0.25, -0.2) is 4.98 Å². The van der Waals surface area contributed by atoms with Gasteiger partial charge < -0.3 is 95.4 Å². The summed E-state index contributed by atoms with van der Waals surface area (Å²) >= 11 is 0. The highest BCUT2D eigenvalue weighted by Crippen LogP contribution is 2.44. The van der Waals surface area contributed by atoms with Gasteiger partial charge in [-0.05, 0) is 60.7 Å². The van der Waals surface area contributed by atoms with E-state index in [0.717, 1.165) is 6.42 Å². The van der Waals surface area contributed by atoms with Gasteiger partial charge in [-0.15, -0.1) is 0 Å². The molecule has 12 N–H and O–H groups in total. The van der Waals surface area contributed by atoms with E-state index in [1.165, 1.54) is 66.9 Å². The highest BCUT2D eigenvalue weighted by atomic mass is 16.2. The van der Waals surface area contributed by atoms with Crippen molar-refractivity contribution in [2.24, 2.45) is 67.5 Å². The molecule has 1 saturated carbocycles. The third-order valence-corrected chi connectivity index (χ3v) is 15.4. The van der Waals surface area contributed by atoms with Gasteiger partial charge in [-0.1, -0.05) is 6.42 Å². The molecule has 1 aliphatic rings. The SMILES string of the molecule is Cn1cc(NC(=O)CCNC(=O)c2cc(NC(=O)c3cc(NC(=O)c4cc(NC(=O)CC5(CNC(=O)c6cc(NC(=O)c7cc(NC(=O)CCNC(=O)c8cc(NC(=O)c9nccn9C)cn8C)cn7C)cn6C)CCC5)cn4C)cn3C)cn2C)cc1C(N)=O. The number of hydrogen-bond donors (Lipinski definition) is 11. The fraction of sp³-hybridized carbons (Fsp3) is 0.300. The minimum atomic E-state index is -0.643. The van der Waals surface area contributed by atoms with Crippen LogP contribution in [0.15, 0.2) is 98.2 Å². The first-order valence-electron chi connectivity index (χ1n) is 28.6. The van der Waals surface area contributed by atoms with Crippen molar-refractivity contribution in [3.05, 3.63) is 144 Å². The summed E-state index contributed by atoms with van der Waals surface area (Å²) in [4.78, 5) is 147. The lowest BCUT2D eigenvalue weighted by Crippen LogP contribution is -2.44. The van der Waals surface area contributed by atoms with Crippen LogP contribution in [-0.4, -0.2) is 126 Å². The van der Waals surface area contributed by atoms with Crippen LogP contribution in [0.1, 0.15) is 123 Å². The van der Waals surface area contributed by atoms with Crippen molar-refractivity contribution in [3.63, 3.8) is 0 Å². The summed E-state index contributed by atoms with van der Waals surface area (Å²) in [5, 5.41) is 27.7. The highest BCUT2D eigenvalue weighted by Gasteiger charge is 2.39. The van der Waals surface area contributed by atoms with Crippen LogP contribution in [-0.2, 0) is 70.8 Å². The number of nitrogens with one attached hydrogen (secondary N) is 10. The van der Waals surface area contributed by atoms with E-state index < -0.39 is 64.5 Å². The van der Waals surface area contributed by atoms with Gasteiger partial charge in [0.25, 0.3) is 47.3 Å². The summed E-state index contributed by atoms with van der Waals surface area (Å²) in [6.07, 6.45) is 16.3. The Morgan fingerprint density at radius 2 is 0.703 bits per heavy atom. The molecule has 8 aromatic rings. The maximum atomic E-state index is 13.6. The summed E-state index contributed by atoms with van der Waals surface area (Å²) in [7, 11) is 13.1. The minimum absolute atomic E-state index is 0.000428. The lowest BCUT2D eigenvalue weighted by Gasteiger charge is -2.41. The van der Waals surface area contributed by atoms with Crippen LogP contribution < -0.4 is 58.9 Å². The van der Waals surface area contributed by atoms with E-state index in [0.29, 0.717) is 52.7 Å². The maximum Gasteiger partial charge on any atom is 0.291 e. The average Bonchev–Trinajstić information content (AvgIpc) is 1.95. The van der Waals surface area contributed by atoms with E-state index in [9.17, 15) is 52.7 Å².